The third-order valence-corrected chi connectivity index (χ3v) is 5.70. The molecule has 1 amide bonds. The van der Waals surface area contributed by atoms with Crippen LogP contribution in [-0.2, 0) is 11.3 Å². The van der Waals surface area contributed by atoms with Crippen LogP contribution < -0.4 is 0 Å². The minimum Gasteiger partial charge on any atom is -0.457 e. The van der Waals surface area contributed by atoms with Crippen molar-refractivity contribution in [2.45, 2.75) is 6.54 Å². The molecule has 0 spiro atoms. The number of halogens is 1. The maximum atomic E-state index is 12.6. The fourth-order valence-corrected chi connectivity index (χ4v) is 3.82. The van der Waals surface area contributed by atoms with E-state index in [2.05, 4.69) is 15.0 Å². The monoisotopic (exact) mass is 448 g/mol. The van der Waals surface area contributed by atoms with E-state index in [4.69, 9.17) is 20.5 Å². The van der Waals surface area contributed by atoms with Crippen molar-refractivity contribution >= 4 is 34.6 Å². The highest BCUT2D eigenvalue weighted by Gasteiger charge is 2.21. The molecule has 32 heavy (non-hydrogen) atoms. The maximum Gasteiger partial charge on any atom is 0.246 e. The number of rotatable bonds is 5. The Bertz CT molecular complexity index is 1220. The zero-order valence-electron chi connectivity index (χ0n) is 17.3. The van der Waals surface area contributed by atoms with E-state index >= 15 is 0 Å². The number of piperazine rings is 1. The van der Waals surface area contributed by atoms with Crippen LogP contribution in [0.1, 0.15) is 11.7 Å². The second-order valence-corrected chi connectivity index (χ2v) is 8.08. The molecule has 0 bridgehead atoms. The normalized spacial score (nSPS) is 15.1. The smallest absolute Gasteiger partial charge is 0.246 e. The van der Waals surface area contributed by atoms with E-state index in [-0.39, 0.29) is 5.91 Å². The fraction of sp³-hybridized carbons (Fsp3) is 0.208. The first kappa shape index (κ1) is 20.5. The molecule has 162 valence electrons. The summed E-state index contributed by atoms with van der Waals surface area (Å²) in [5.41, 5.74) is 1.67. The molecule has 0 radical (unpaired) electrons. The lowest BCUT2D eigenvalue weighted by molar-refractivity contribution is -0.127. The van der Waals surface area contributed by atoms with E-state index in [0.29, 0.717) is 42.1 Å². The van der Waals surface area contributed by atoms with Gasteiger partial charge in [0.2, 0.25) is 17.6 Å². The third-order valence-electron chi connectivity index (χ3n) is 5.45. The average molecular weight is 449 g/mol. The van der Waals surface area contributed by atoms with Crippen molar-refractivity contribution in [1.82, 2.24) is 19.9 Å². The van der Waals surface area contributed by atoms with Gasteiger partial charge in [-0.1, -0.05) is 35.0 Å². The molecule has 0 atom stereocenters. The van der Waals surface area contributed by atoms with E-state index in [1.807, 2.05) is 47.4 Å². The summed E-state index contributed by atoms with van der Waals surface area (Å²) in [6, 6.07) is 17.0. The highest BCUT2D eigenvalue weighted by atomic mass is 35.5. The van der Waals surface area contributed by atoms with Gasteiger partial charge in [-0.25, -0.2) is 0 Å². The van der Waals surface area contributed by atoms with Crippen molar-refractivity contribution in [2.75, 3.05) is 26.2 Å². The van der Waals surface area contributed by atoms with Crippen molar-refractivity contribution in [1.29, 1.82) is 0 Å². The Morgan fingerprint density at radius 2 is 1.84 bits per heavy atom. The van der Waals surface area contributed by atoms with Crippen molar-refractivity contribution in [3.63, 3.8) is 0 Å². The Hall–Kier alpha value is -3.42. The molecular weight excluding hydrogens is 428 g/mol. The molecule has 2 aromatic carbocycles. The summed E-state index contributed by atoms with van der Waals surface area (Å²) < 4.78 is 11.1. The molecule has 0 saturated carbocycles. The van der Waals surface area contributed by atoms with Gasteiger partial charge in [-0.3, -0.25) is 9.69 Å². The van der Waals surface area contributed by atoms with E-state index in [9.17, 15) is 4.79 Å². The first-order valence-corrected chi connectivity index (χ1v) is 10.8. The number of carbonyl (C=O) groups is 1. The van der Waals surface area contributed by atoms with Gasteiger partial charge < -0.3 is 13.8 Å². The fourth-order valence-electron chi connectivity index (χ4n) is 3.70. The van der Waals surface area contributed by atoms with Crippen LogP contribution in [0.15, 0.2) is 69.6 Å². The molecule has 4 aromatic rings. The minimum atomic E-state index is -0.0204. The van der Waals surface area contributed by atoms with Gasteiger partial charge in [0.05, 0.1) is 6.54 Å². The van der Waals surface area contributed by atoms with E-state index in [1.165, 1.54) is 0 Å². The Kier molecular flexibility index (Phi) is 5.75. The highest BCUT2D eigenvalue weighted by Crippen LogP contribution is 2.21. The highest BCUT2D eigenvalue weighted by molar-refractivity contribution is 6.30. The van der Waals surface area contributed by atoms with Crippen LogP contribution in [-0.4, -0.2) is 52.0 Å². The summed E-state index contributed by atoms with van der Waals surface area (Å²) in [7, 11) is 0. The third kappa shape index (κ3) is 4.59. The van der Waals surface area contributed by atoms with Crippen LogP contribution in [0.5, 0.6) is 0 Å². The van der Waals surface area contributed by atoms with Gasteiger partial charge in [-0.15, -0.1) is 0 Å². The van der Waals surface area contributed by atoms with Gasteiger partial charge in [-0.05, 0) is 42.5 Å². The number of aromatic nitrogens is 2. The van der Waals surface area contributed by atoms with Crippen LogP contribution in [0.25, 0.3) is 28.4 Å². The van der Waals surface area contributed by atoms with Crippen LogP contribution in [0.4, 0.5) is 0 Å². The molecule has 1 fully saturated rings. The quantitative estimate of drug-likeness (QED) is 0.418. The van der Waals surface area contributed by atoms with Gasteiger partial charge in [0, 0.05) is 48.2 Å². The van der Waals surface area contributed by atoms with Gasteiger partial charge in [-0.2, -0.15) is 4.98 Å². The van der Waals surface area contributed by atoms with Gasteiger partial charge in [0.15, 0.2) is 0 Å². The van der Waals surface area contributed by atoms with Crippen molar-refractivity contribution < 1.29 is 13.7 Å². The molecule has 0 N–H and O–H groups in total. The lowest BCUT2D eigenvalue weighted by Gasteiger charge is -2.33. The predicted molar refractivity (Wildman–Crippen MR) is 122 cm³/mol. The Labute approximate surface area is 189 Å². The SMILES string of the molecule is O=C(/C=C/c1cc2ccccc2o1)N1CCN(Cc2nc(-c3ccc(Cl)cc3)no2)CC1. The average Bonchev–Trinajstić information content (AvgIpc) is 3.45. The number of amides is 1. The van der Waals surface area contributed by atoms with Crippen LogP contribution in [0, 0.1) is 0 Å². The summed E-state index contributed by atoms with van der Waals surface area (Å²) in [6.07, 6.45) is 3.30. The molecule has 0 aliphatic carbocycles. The summed E-state index contributed by atoms with van der Waals surface area (Å²) in [4.78, 5) is 21.1. The lowest BCUT2D eigenvalue weighted by Crippen LogP contribution is -2.47. The van der Waals surface area contributed by atoms with E-state index < -0.39 is 0 Å². The molecular formula is C24H21ClN4O3. The molecule has 1 aliphatic rings. The summed E-state index contributed by atoms with van der Waals surface area (Å²) in [5, 5.41) is 5.74. The molecule has 3 heterocycles. The second kappa shape index (κ2) is 8.98. The lowest BCUT2D eigenvalue weighted by atomic mass is 10.2. The van der Waals surface area contributed by atoms with Gasteiger partial charge >= 0.3 is 0 Å². The van der Waals surface area contributed by atoms with Crippen molar-refractivity contribution in [3.05, 3.63) is 77.3 Å². The standard InChI is InChI=1S/C24H21ClN4O3/c25-19-7-5-17(6-8-19)24-26-22(32-27-24)16-28-11-13-29(14-12-28)23(30)10-9-20-15-18-3-1-2-4-21(18)31-20/h1-10,15H,11-14,16H2/b10-9+. The zero-order chi connectivity index (χ0) is 21.9. The molecule has 2 aromatic heterocycles. The topological polar surface area (TPSA) is 75.6 Å². The summed E-state index contributed by atoms with van der Waals surface area (Å²) >= 11 is 5.93. The molecule has 8 heteroatoms. The van der Waals surface area contributed by atoms with Crippen LogP contribution in [0.3, 0.4) is 0 Å². The number of nitrogens with zero attached hydrogens (tertiary/aromatic N) is 4. The molecule has 1 saturated heterocycles. The van der Waals surface area contributed by atoms with Crippen LogP contribution >= 0.6 is 11.6 Å². The van der Waals surface area contributed by atoms with Gasteiger partial charge in [0.25, 0.3) is 0 Å². The number of para-hydroxylation sites is 1. The molecule has 1 aliphatic heterocycles. The first-order valence-electron chi connectivity index (χ1n) is 10.4. The zero-order valence-corrected chi connectivity index (χ0v) is 18.0. The van der Waals surface area contributed by atoms with E-state index in [0.717, 1.165) is 29.6 Å². The molecule has 0 unspecified atom stereocenters. The second-order valence-electron chi connectivity index (χ2n) is 7.64. The molecule has 7 nitrogen and oxygen atoms in total. The minimum absolute atomic E-state index is 0.0204. The Morgan fingerprint density at radius 3 is 2.62 bits per heavy atom. The number of hydrogen-bond donors (Lipinski definition) is 0. The number of fused-ring (bicyclic) bond motifs is 1. The van der Waals surface area contributed by atoms with Crippen molar-refractivity contribution in [3.8, 4) is 11.4 Å². The number of benzene rings is 2. The number of hydrogen-bond acceptors (Lipinski definition) is 6. The maximum absolute atomic E-state index is 12.6. The number of carbonyl (C=O) groups excluding carboxylic acids is 1. The van der Waals surface area contributed by atoms with Crippen molar-refractivity contribution in [2.24, 2.45) is 0 Å². The summed E-state index contributed by atoms with van der Waals surface area (Å²) in [5.74, 6) is 1.75. The summed E-state index contributed by atoms with van der Waals surface area (Å²) in [6.45, 7) is 3.31. The predicted octanol–water partition coefficient (Wildman–Crippen LogP) is 4.49. The largest absolute Gasteiger partial charge is 0.457 e. The first-order chi connectivity index (χ1) is 15.6. The van der Waals surface area contributed by atoms with Crippen LogP contribution in [0.2, 0.25) is 5.02 Å². The van der Waals surface area contributed by atoms with Gasteiger partial charge in [0.1, 0.15) is 11.3 Å². The Balaban J connectivity index is 1.14. The van der Waals surface area contributed by atoms with E-state index in [1.54, 1.807) is 24.3 Å². The number of furan rings is 1. The molecule has 5 rings (SSSR count). The Morgan fingerprint density at radius 1 is 1.06 bits per heavy atom.